The van der Waals surface area contributed by atoms with Gasteiger partial charge in [0.15, 0.2) is 0 Å². The quantitative estimate of drug-likeness (QED) is 0.781. The summed E-state index contributed by atoms with van der Waals surface area (Å²) in [6.07, 6.45) is 1.17. The van der Waals surface area contributed by atoms with Crippen LogP contribution in [0.3, 0.4) is 0 Å². The number of nitrogens with one attached hydrogen (secondary N) is 1. The van der Waals surface area contributed by atoms with E-state index in [1.165, 1.54) is 16.2 Å². The third-order valence-electron chi connectivity index (χ3n) is 2.53. The summed E-state index contributed by atoms with van der Waals surface area (Å²) in [5.41, 5.74) is 1.13. The molecule has 0 radical (unpaired) electrons. The summed E-state index contributed by atoms with van der Waals surface area (Å²) < 4.78 is 0. The molecular formula is C14H16ClNS. The molecule has 0 atom stereocenters. The Labute approximate surface area is 111 Å². The molecule has 0 aliphatic rings. The van der Waals surface area contributed by atoms with Crippen molar-refractivity contribution in [3.63, 3.8) is 0 Å². The zero-order valence-corrected chi connectivity index (χ0v) is 11.4. The highest BCUT2D eigenvalue weighted by Gasteiger charge is 2.05. The fourth-order valence-corrected chi connectivity index (χ4v) is 2.98. The molecule has 90 valence electrons. The lowest BCUT2D eigenvalue weighted by molar-refractivity contribution is 0.681. The standard InChI is InChI=1S/C14H16ClNS/c1-2-9-16-10-11-7-8-14(17-11)12-5-3-4-6-13(12)15/h3-8,16H,2,9-10H2,1H3. The number of halogens is 1. The molecule has 0 spiro atoms. The maximum Gasteiger partial charge on any atom is 0.0492 e. The minimum Gasteiger partial charge on any atom is -0.312 e. The average Bonchev–Trinajstić information content (AvgIpc) is 2.79. The Bertz CT molecular complexity index is 479. The monoisotopic (exact) mass is 265 g/mol. The smallest absolute Gasteiger partial charge is 0.0492 e. The van der Waals surface area contributed by atoms with Crippen molar-refractivity contribution in [3.05, 3.63) is 46.3 Å². The minimum atomic E-state index is 0.822. The molecule has 1 heterocycles. The molecule has 0 aliphatic heterocycles. The molecule has 0 saturated heterocycles. The van der Waals surface area contributed by atoms with Gasteiger partial charge in [-0.1, -0.05) is 36.7 Å². The lowest BCUT2D eigenvalue weighted by Gasteiger charge is -2.01. The van der Waals surface area contributed by atoms with Crippen molar-refractivity contribution in [2.24, 2.45) is 0 Å². The van der Waals surface area contributed by atoms with Crippen molar-refractivity contribution in [2.45, 2.75) is 19.9 Å². The second kappa shape index (κ2) is 6.20. The predicted molar refractivity (Wildman–Crippen MR) is 76.8 cm³/mol. The Morgan fingerprint density at radius 1 is 1.18 bits per heavy atom. The number of rotatable bonds is 5. The van der Waals surface area contributed by atoms with Crippen LogP contribution in [0, 0.1) is 0 Å². The van der Waals surface area contributed by atoms with Gasteiger partial charge >= 0.3 is 0 Å². The Morgan fingerprint density at radius 3 is 2.76 bits per heavy atom. The molecule has 0 bridgehead atoms. The molecule has 0 amide bonds. The summed E-state index contributed by atoms with van der Waals surface area (Å²) >= 11 is 7.99. The predicted octanol–water partition coefficient (Wildman–Crippen LogP) is 4.57. The molecule has 1 N–H and O–H groups in total. The van der Waals surface area contributed by atoms with Gasteiger partial charge in [-0.05, 0) is 31.2 Å². The molecule has 3 heteroatoms. The number of thiophene rings is 1. The molecule has 17 heavy (non-hydrogen) atoms. The molecule has 0 aliphatic carbocycles. The molecule has 1 aromatic heterocycles. The van der Waals surface area contributed by atoms with Gasteiger partial charge in [0, 0.05) is 26.9 Å². The van der Waals surface area contributed by atoms with E-state index < -0.39 is 0 Å². The van der Waals surface area contributed by atoms with Gasteiger partial charge < -0.3 is 5.32 Å². The number of hydrogen-bond acceptors (Lipinski definition) is 2. The first kappa shape index (κ1) is 12.6. The maximum absolute atomic E-state index is 6.19. The summed E-state index contributed by atoms with van der Waals surface area (Å²) in [5.74, 6) is 0. The molecule has 0 saturated carbocycles. The molecule has 0 unspecified atom stereocenters. The highest BCUT2D eigenvalue weighted by molar-refractivity contribution is 7.15. The van der Waals surface area contributed by atoms with E-state index in [9.17, 15) is 0 Å². The normalized spacial score (nSPS) is 10.7. The van der Waals surface area contributed by atoms with Gasteiger partial charge in [0.25, 0.3) is 0 Å². The minimum absolute atomic E-state index is 0.822. The van der Waals surface area contributed by atoms with E-state index in [2.05, 4.69) is 30.4 Å². The molecule has 1 nitrogen and oxygen atoms in total. The average molecular weight is 266 g/mol. The topological polar surface area (TPSA) is 12.0 Å². The molecule has 0 fully saturated rings. The van der Waals surface area contributed by atoms with E-state index in [0.717, 1.165) is 23.7 Å². The van der Waals surface area contributed by atoms with Gasteiger partial charge in [-0.25, -0.2) is 0 Å². The van der Waals surface area contributed by atoms with E-state index in [4.69, 9.17) is 11.6 Å². The summed E-state index contributed by atoms with van der Waals surface area (Å²) in [7, 11) is 0. The van der Waals surface area contributed by atoms with Crippen LogP contribution in [0.2, 0.25) is 5.02 Å². The largest absolute Gasteiger partial charge is 0.312 e. The third-order valence-corrected chi connectivity index (χ3v) is 3.98. The van der Waals surface area contributed by atoms with Crippen LogP contribution in [0.1, 0.15) is 18.2 Å². The highest BCUT2D eigenvalue weighted by atomic mass is 35.5. The third kappa shape index (κ3) is 3.32. The lowest BCUT2D eigenvalue weighted by Crippen LogP contribution is -2.12. The van der Waals surface area contributed by atoms with Gasteiger partial charge in [0.2, 0.25) is 0 Å². The van der Waals surface area contributed by atoms with Crippen LogP contribution in [-0.4, -0.2) is 6.54 Å². The second-order valence-electron chi connectivity index (χ2n) is 3.92. The van der Waals surface area contributed by atoms with Gasteiger partial charge in [-0.15, -0.1) is 11.3 Å². The molecular weight excluding hydrogens is 250 g/mol. The van der Waals surface area contributed by atoms with Crippen LogP contribution in [0.5, 0.6) is 0 Å². The molecule has 2 rings (SSSR count). The van der Waals surface area contributed by atoms with Gasteiger partial charge in [0.1, 0.15) is 0 Å². The first-order valence-corrected chi connectivity index (χ1v) is 7.05. The van der Waals surface area contributed by atoms with Crippen LogP contribution >= 0.6 is 22.9 Å². The van der Waals surface area contributed by atoms with Crippen LogP contribution in [-0.2, 0) is 6.54 Å². The zero-order chi connectivity index (χ0) is 12.1. The number of benzene rings is 1. The highest BCUT2D eigenvalue weighted by Crippen LogP contribution is 2.33. The summed E-state index contributed by atoms with van der Waals surface area (Å²) in [6, 6.07) is 12.3. The Morgan fingerprint density at radius 2 is 2.00 bits per heavy atom. The number of hydrogen-bond donors (Lipinski definition) is 1. The Kier molecular flexibility index (Phi) is 4.60. The van der Waals surface area contributed by atoms with E-state index in [1.54, 1.807) is 11.3 Å². The van der Waals surface area contributed by atoms with E-state index in [-0.39, 0.29) is 0 Å². The Balaban J connectivity index is 2.10. The van der Waals surface area contributed by atoms with Gasteiger partial charge in [-0.3, -0.25) is 0 Å². The van der Waals surface area contributed by atoms with Crippen molar-refractivity contribution in [1.82, 2.24) is 5.32 Å². The second-order valence-corrected chi connectivity index (χ2v) is 5.50. The Hall–Kier alpha value is -0.830. The van der Waals surface area contributed by atoms with Gasteiger partial charge in [0.05, 0.1) is 0 Å². The van der Waals surface area contributed by atoms with Crippen LogP contribution in [0.25, 0.3) is 10.4 Å². The fraction of sp³-hybridized carbons (Fsp3) is 0.286. The van der Waals surface area contributed by atoms with Crippen molar-refractivity contribution >= 4 is 22.9 Å². The van der Waals surface area contributed by atoms with Crippen LogP contribution < -0.4 is 5.32 Å². The summed E-state index contributed by atoms with van der Waals surface area (Å²) in [4.78, 5) is 2.59. The van der Waals surface area contributed by atoms with Crippen molar-refractivity contribution < 1.29 is 0 Å². The maximum atomic E-state index is 6.19. The summed E-state index contributed by atoms with van der Waals surface area (Å²) in [5, 5.41) is 4.23. The van der Waals surface area contributed by atoms with E-state index in [1.807, 2.05) is 18.2 Å². The fourth-order valence-electron chi connectivity index (χ4n) is 1.67. The summed E-state index contributed by atoms with van der Waals surface area (Å²) in [6.45, 7) is 4.19. The van der Waals surface area contributed by atoms with Crippen molar-refractivity contribution in [3.8, 4) is 10.4 Å². The first-order chi connectivity index (χ1) is 8.31. The van der Waals surface area contributed by atoms with Crippen molar-refractivity contribution in [2.75, 3.05) is 6.54 Å². The van der Waals surface area contributed by atoms with Gasteiger partial charge in [-0.2, -0.15) is 0 Å². The van der Waals surface area contributed by atoms with E-state index >= 15 is 0 Å². The SMILES string of the molecule is CCCNCc1ccc(-c2ccccc2Cl)s1. The van der Waals surface area contributed by atoms with Crippen molar-refractivity contribution in [1.29, 1.82) is 0 Å². The lowest BCUT2D eigenvalue weighted by atomic mass is 10.2. The van der Waals surface area contributed by atoms with Crippen LogP contribution in [0.15, 0.2) is 36.4 Å². The molecule has 1 aromatic carbocycles. The molecule has 2 aromatic rings. The van der Waals surface area contributed by atoms with Crippen LogP contribution in [0.4, 0.5) is 0 Å². The van der Waals surface area contributed by atoms with E-state index in [0.29, 0.717) is 0 Å². The zero-order valence-electron chi connectivity index (χ0n) is 9.87. The first-order valence-electron chi connectivity index (χ1n) is 5.85.